The number of hydrogen-bond acceptors (Lipinski definition) is 5. The van der Waals surface area contributed by atoms with Gasteiger partial charge in [0.2, 0.25) is 15.9 Å². The molecule has 1 aliphatic rings. The molecule has 0 bridgehead atoms. The number of sulfonamides is 1. The average molecular weight is 399 g/mol. The molecule has 0 saturated carbocycles. The highest BCUT2D eigenvalue weighted by atomic mass is 32.2. The van der Waals surface area contributed by atoms with Crippen molar-refractivity contribution >= 4 is 15.9 Å². The van der Waals surface area contributed by atoms with E-state index in [-0.39, 0.29) is 17.6 Å². The first kappa shape index (κ1) is 21.7. The van der Waals surface area contributed by atoms with E-state index in [1.807, 2.05) is 38.1 Å². The highest BCUT2D eigenvalue weighted by molar-refractivity contribution is 7.89. The van der Waals surface area contributed by atoms with E-state index in [1.54, 1.807) is 12.0 Å². The molecule has 152 valence electrons. The molecule has 0 aliphatic carbocycles. The quantitative estimate of drug-likeness (QED) is 0.680. The van der Waals surface area contributed by atoms with Crippen molar-refractivity contribution in [1.82, 2.24) is 9.62 Å². The van der Waals surface area contributed by atoms with Gasteiger partial charge in [-0.2, -0.15) is 0 Å². The number of rotatable bonds is 9. The number of aryl methyl sites for hydroxylation is 1. The number of carbonyl (C=O) groups excluding carboxylic acids is 1. The zero-order valence-electron chi connectivity index (χ0n) is 16.3. The predicted octanol–water partition coefficient (Wildman–Crippen LogP) is 1.43. The lowest BCUT2D eigenvalue weighted by Crippen LogP contribution is -2.52. The van der Waals surface area contributed by atoms with Gasteiger partial charge in [0.25, 0.3) is 0 Å². The van der Waals surface area contributed by atoms with E-state index in [0.717, 1.165) is 5.56 Å². The van der Waals surface area contributed by atoms with Crippen LogP contribution in [0.3, 0.4) is 0 Å². The largest absolute Gasteiger partial charge is 0.497 e. The number of benzene rings is 1. The van der Waals surface area contributed by atoms with Gasteiger partial charge in [-0.1, -0.05) is 26.0 Å². The number of nitrogens with one attached hydrogen (secondary N) is 1. The predicted molar refractivity (Wildman–Crippen MR) is 104 cm³/mol. The van der Waals surface area contributed by atoms with Crippen LogP contribution in [0.2, 0.25) is 0 Å². The Hall–Kier alpha value is -1.64. The summed E-state index contributed by atoms with van der Waals surface area (Å²) in [6.45, 7) is 5.93. The molecule has 1 aromatic carbocycles. The van der Waals surface area contributed by atoms with Gasteiger partial charge in [-0.05, 0) is 36.5 Å². The third-order valence-corrected chi connectivity index (χ3v) is 5.83. The molecular weight excluding hydrogens is 368 g/mol. The molecule has 0 spiro atoms. The molecule has 2 rings (SSSR count). The standard InChI is InChI=1S/C19H30N2O5S/c1-15(2)13-18(19(22)21-8-10-26-11-9-21)20-27(23,24)12-7-16-5-4-6-17(14-16)25-3/h4-6,14-15,18,20H,7-13H2,1-3H3. The Morgan fingerprint density at radius 2 is 2.00 bits per heavy atom. The number of amides is 1. The fourth-order valence-electron chi connectivity index (χ4n) is 3.03. The highest BCUT2D eigenvalue weighted by Crippen LogP contribution is 2.15. The molecule has 1 aliphatic heterocycles. The Bertz CT molecular complexity index is 715. The fourth-order valence-corrected chi connectivity index (χ4v) is 4.28. The molecule has 1 amide bonds. The molecule has 1 unspecified atom stereocenters. The van der Waals surface area contributed by atoms with Crippen molar-refractivity contribution in [3.8, 4) is 5.75 Å². The van der Waals surface area contributed by atoms with E-state index in [0.29, 0.717) is 44.9 Å². The van der Waals surface area contributed by atoms with E-state index in [9.17, 15) is 13.2 Å². The van der Waals surface area contributed by atoms with Crippen LogP contribution in [-0.4, -0.2) is 64.4 Å². The first-order valence-corrected chi connectivity index (χ1v) is 11.0. The Balaban J connectivity index is 2.01. The van der Waals surface area contributed by atoms with Gasteiger partial charge in [-0.25, -0.2) is 13.1 Å². The van der Waals surface area contributed by atoms with Crippen LogP contribution >= 0.6 is 0 Å². The van der Waals surface area contributed by atoms with Crippen molar-refractivity contribution in [2.45, 2.75) is 32.7 Å². The fraction of sp³-hybridized carbons (Fsp3) is 0.632. The van der Waals surface area contributed by atoms with Gasteiger partial charge in [0, 0.05) is 13.1 Å². The summed E-state index contributed by atoms with van der Waals surface area (Å²) in [5, 5.41) is 0. The Morgan fingerprint density at radius 3 is 2.63 bits per heavy atom. The Morgan fingerprint density at radius 1 is 1.30 bits per heavy atom. The molecule has 1 heterocycles. The molecule has 0 radical (unpaired) electrons. The first-order valence-electron chi connectivity index (χ1n) is 9.30. The smallest absolute Gasteiger partial charge is 0.240 e. The summed E-state index contributed by atoms with van der Waals surface area (Å²) in [5.74, 6) is 0.640. The third kappa shape index (κ3) is 7.12. The second-order valence-electron chi connectivity index (χ2n) is 7.16. The number of nitrogens with zero attached hydrogens (tertiary/aromatic N) is 1. The van der Waals surface area contributed by atoms with E-state index >= 15 is 0 Å². The number of carbonyl (C=O) groups is 1. The van der Waals surface area contributed by atoms with Gasteiger partial charge in [0.05, 0.1) is 26.1 Å². The summed E-state index contributed by atoms with van der Waals surface area (Å²) in [7, 11) is -2.02. The summed E-state index contributed by atoms with van der Waals surface area (Å²) < 4.78 is 38.3. The van der Waals surface area contributed by atoms with Crippen LogP contribution in [0.5, 0.6) is 5.75 Å². The van der Waals surface area contributed by atoms with Gasteiger partial charge < -0.3 is 14.4 Å². The van der Waals surface area contributed by atoms with Crippen LogP contribution in [0, 0.1) is 5.92 Å². The molecule has 1 N–H and O–H groups in total. The maximum Gasteiger partial charge on any atom is 0.240 e. The Labute approximate surface area is 162 Å². The minimum Gasteiger partial charge on any atom is -0.497 e. The van der Waals surface area contributed by atoms with Crippen molar-refractivity contribution in [3.05, 3.63) is 29.8 Å². The van der Waals surface area contributed by atoms with Gasteiger partial charge >= 0.3 is 0 Å². The van der Waals surface area contributed by atoms with Crippen LogP contribution in [0.1, 0.15) is 25.8 Å². The van der Waals surface area contributed by atoms with Crippen LogP contribution in [0.4, 0.5) is 0 Å². The molecule has 1 atom stereocenters. The van der Waals surface area contributed by atoms with E-state index in [2.05, 4.69) is 4.72 Å². The minimum atomic E-state index is -3.60. The zero-order valence-corrected chi connectivity index (χ0v) is 17.1. The van der Waals surface area contributed by atoms with Gasteiger partial charge in [-0.3, -0.25) is 4.79 Å². The van der Waals surface area contributed by atoms with E-state index in [1.165, 1.54) is 0 Å². The summed E-state index contributed by atoms with van der Waals surface area (Å²) in [4.78, 5) is 14.5. The van der Waals surface area contributed by atoms with Gasteiger partial charge in [0.1, 0.15) is 11.8 Å². The number of morpholine rings is 1. The lowest BCUT2D eigenvalue weighted by Gasteiger charge is -2.31. The molecule has 1 saturated heterocycles. The lowest BCUT2D eigenvalue weighted by molar-refractivity contribution is -0.137. The van der Waals surface area contributed by atoms with Crippen molar-refractivity contribution in [2.24, 2.45) is 5.92 Å². The second kappa shape index (κ2) is 10.1. The second-order valence-corrected chi connectivity index (χ2v) is 9.03. The molecule has 7 nitrogen and oxygen atoms in total. The van der Waals surface area contributed by atoms with Gasteiger partial charge in [-0.15, -0.1) is 0 Å². The van der Waals surface area contributed by atoms with Gasteiger partial charge in [0.15, 0.2) is 0 Å². The van der Waals surface area contributed by atoms with E-state index < -0.39 is 16.1 Å². The van der Waals surface area contributed by atoms with Crippen molar-refractivity contribution < 1.29 is 22.7 Å². The summed E-state index contributed by atoms with van der Waals surface area (Å²) in [6, 6.07) is 6.59. The number of hydrogen-bond donors (Lipinski definition) is 1. The number of methoxy groups -OCH3 is 1. The third-order valence-electron chi connectivity index (χ3n) is 4.44. The Kier molecular flexibility index (Phi) is 8.07. The average Bonchev–Trinajstić information content (AvgIpc) is 2.65. The summed E-state index contributed by atoms with van der Waals surface area (Å²) >= 11 is 0. The van der Waals surface area contributed by atoms with Crippen molar-refractivity contribution in [3.63, 3.8) is 0 Å². The molecule has 1 aromatic rings. The van der Waals surface area contributed by atoms with Crippen LogP contribution < -0.4 is 9.46 Å². The minimum absolute atomic E-state index is 0.0782. The maximum absolute atomic E-state index is 12.8. The molecule has 0 aromatic heterocycles. The maximum atomic E-state index is 12.8. The molecule has 27 heavy (non-hydrogen) atoms. The monoisotopic (exact) mass is 398 g/mol. The van der Waals surface area contributed by atoms with E-state index in [4.69, 9.17) is 9.47 Å². The SMILES string of the molecule is COc1cccc(CCS(=O)(=O)NC(CC(C)C)C(=O)N2CCOCC2)c1. The molecular formula is C19H30N2O5S. The molecule has 8 heteroatoms. The normalized spacial score (nSPS) is 16.4. The topological polar surface area (TPSA) is 84.9 Å². The highest BCUT2D eigenvalue weighted by Gasteiger charge is 2.29. The van der Waals surface area contributed by atoms with Crippen molar-refractivity contribution in [1.29, 1.82) is 0 Å². The number of ether oxygens (including phenoxy) is 2. The molecule has 1 fully saturated rings. The van der Waals surface area contributed by atoms with Crippen LogP contribution in [0.25, 0.3) is 0 Å². The first-order chi connectivity index (χ1) is 12.8. The van der Waals surface area contributed by atoms with Crippen LogP contribution in [-0.2, 0) is 26.0 Å². The van der Waals surface area contributed by atoms with Crippen molar-refractivity contribution in [2.75, 3.05) is 39.2 Å². The lowest BCUT2D eigenvalue weighted by atomic mass is 10.0. The summed E-state index contributed by atoms with van der Waals surface area (Å²) in [5.41, 5.74) is 0.875. The zero-order chi connectivity index (χ0) is 19.9. The van der Waals surface area contributed by atoms with Crippen LogP contribution in [0.15, 0.2) is 24.3 Å². The summed E-state index contributed by atoms with van der Waals surface area (Å²) in [6.07, 6.45) is 0.821.